The van der Waals surface area contributed by atoms with E-state index in [1.165, 1.54) is 11.3 Å². The van der Waals surface area contributed by atoms with Gasteiger partial charge in [-0.3, -0.25) is 0 Å². The fourth-order valence-corrected chi connectivity index (χ4v) is 3.72. The molecular formula is C14H16ClNO3S. The zero-order valence-electron chi connectivity index (χ0n) is 11.1. The van der Waals surface area contributed by atoms with E-state index < -0.39 is 6.10 Å². The highest BCUT2D eigenvalue weighted by molar-refractivity contribution is 7.22. The second kappa shape index (κ2) is 5.85. The maximum Gasteiger partial charge on any atom is 0.184 e. The predicted octanol–water partition coefficient (Wildman–Crippen LogP) is 3.42. The largest absolute Gasteiger partial charge is 0.497 e. The lowest BCUT2D eigenvalue weighted by Gasteiger charge is -2.27. The normalized spacial score (nSPS) is 18.4. The van der Waals surface area contributed by atoms with Crippen LogP contribution in [0.3, 0.4) is 0 Å². The number of aliphatic hydroxyl groups is 1. The number of aliphatic hydroxyl groups excluding tert-OH is 1. The molecule has 1 fully saturated rings. The van der Waals surface area contributed by atoms with Crippen LogP contribution in [0, 0.1) is 5.92 Å². The zero-order chi connectivity index (χ0) is 14.1. The van der Waals surface area contributed by atoms with Crippen molar-refractivity contribution in [2.45, 2.75) is 18.9 Å². The predicted molar refractivity (Wildman–Crippen MR) is 79.7 cm³/mol. The SMILES string of the molecule is COc1cc(C(O)C2CCOCC2)c2nc(Cl)sc2c1. The summed E-state index contributed by atoms with van der Waals surface area (Å²) in [6, 6.07) is 3.76. The Hall–Kier alpha value is -0.880. The molecule has 3 rings (SSSR count). The summed E-state index contributed by atoms with van der Waals surface area (Å²) >= 11 is 7.40. The summed E-state index contributed by atoms with van der Waals surface area (Å²) in [5.41, 5.74) is 1.58. The molecule has 20 heavy (non-hydrogen) atoms. The lowest BCUT2D eigenvalue weighted by atomic mass is 9.89. The molecule has 0 saturated carbocycles. The number of methoxy groups -OCH3 is 1. The van der Waals surface area contributed by atoms with E-state index in [2.05, 4.69) is 4.98 Å². The van der Waals surface area contributed by atoms with Crippen LogP contribution in [-0.2, 0) is 4.74 Å². The Morgan fingerprint density at radius 3 is 2.90 bits per heavy atom. The summed E-state index contributed by atoms with van der Waals surface area (Å²) in [5.74, 6) is 0.915. The number of rotatable bonds is 3. The Labute approximate surface area is 126 Å². The Kier molecular flexibility index (Phi) is 4.12. The Balaban J connectivity index is 2.03. The minimum absolute atomic E-state index is 0.194. The fraction of sp³-hybridized carbons (Fsp3) is 0.500. The van der Waals surface area contributed by atoms with E-state index in [4.69, 9.17) is 21.1 Å². The minimum atomic E-state index is -0.560. The number of aromatic nitrogens is 1. The quantitative estimate of drug-likeness (QED) is 0.943. The molecule has 6 heteroatoms. The second-order valence-electron chi connectivity index (χ2n) is 4.92. The first kappa shape index (κ1) is 14.1. The zero-order valence-corrected chi connectivity index (χ0v) is 12.7. The number of benzene rings is 1. The lowest BCUT2D eigenvalue weighted by molar-refractivity contribution is 0.00761. The fourth-order valence-electron chi connectivity index (χ4n) is 2.63. The van der Waals surface area contributed by atoms with Crippen molar-refractivity contribution in [3.05, 3.63) is 22.2 Å². The first-order valence-corrected chi connectivity index (χ1v) is 7.78. The van der Waals surface area contributed by atoms with E-state index in [1.54, 1.807) is 7.11 Å². The third-order valence-corrected chi connectivity index (χ3v) is 4.85. The van der Waals surface area contributed by atoms with E-state index >= 15 is 0 Å². The highest BCUT2D eigenvalue weighted by Crippen LogP contribution is 2.38. The Morgan fingerprint density at radius 1 is 1.45 bits per heavy atom. The molecule has 108 valence electrons. The summed E-state index contributed by atoms with van der Waals surface area (Å²) < 4.78 is 12.1. The maximum absolute atomic E-state index is 10.7. The topological polar surface area (TPSA) is 51.6 Å². The molecule has 0 radical (unpaired) electrons. The number of fused-ring (bicyclic) bond motifs is 1. The molecule has 0 bridgehead atoms. The van der Waals surface area contributed by atoms with Gasteiger partial charge in [0.25, 0.3) is 0 Å². The van der Waals surface area contributed by atoms with E-state index in [1.807, 2.05) is 12.1 Å². The number of halogens is 1. The van der Waals surface area contributed by atoms with Gasteiger partial charge >= 0.3 is 0 Å². The standard InChI is InChI=1S/C14H16ClNO3S/c1-18-9-6-10(12-11(7-9)20-14(15)16-12)13(17)8-2-4-19-5-3-8/h6-8,13,17H,2-5H2,1H3. The molecule has 2 aromatic rings. The Morgan fingerprint density at radius 2 is 2.20 bits per heavy atom. The molecule has 0 amide bonds. The third-order valence-electron chi connectivity index (χ3n) is 3.74. The van der Waals surface area contributed by atoms with Crippen molar-refractivity contribution in [1.29, 1.82) is 0 Å². The van der Waals surface area contributed by atoms with Gasteiger partial charge in [0.05, 0.1) is 23.4 Å². The number of ether oxygens (including phenoxy) is 2. The minimum Gasteiger partial charge on any atom is -0.497 e. The van der Waals surface area contributed by atoms with E-state index in [-0.39, 0.29) is 5.92 Å². The van der Waals surface area contributed by atoms with Crippen molar-refractivity contribution >= 4 is 33.2 Å². The van der Waals surface area contributed by atoms with E-state index in [0.29, 0.717) is 17.7 Å². The van der Waals surface area contributed by atoms with Crippen LogP contribution in [0.4, 0.5) is 0 Å². The number of thiazole rings is 1. The van der Waals surface area contributed by atoms with Crippen LogP contribution in [0.15, 0.2) is 12.1 Å². The molecule has 1 N–H and O–H groups in total. The van der Waals surface area contributed by atoms with Crippen LogP contribution in [0.25, 0.3) is 10.2 Å². The third kappa shape index (κ3) is 2.63. The second-order valence-corrected chi connectivity index (χ2v) is 6.54. The van der Waals surface area contributed by atoms with Crippen LogP contribution in [0.5, 0.6) is 5.75 Å². The summed E-state index contributed by atoms with van der Waals surface area (Å²) in [6.45, 7) is 1.40. The summed E-state index contributed by atoms with van der Waals surface area (Å²) in [6.07, 6.45) is 1.16. The molecule has 1 aromatic carbocycles. The van der Waals surface area contributed by atoms with Crippen molar-refractivity contribution < 1.29 is 14.6 Å². The summed E-state index contributed by atoms with van der Waals surface area (Å²) in [7, 11) is 1.62. The Bertz CT molecular complexity index is 610. The van der Waals surface area contributed by atoms with Gasteiger partial charge in [0, 0.05) is 18.8 Å². The van der Waals surface area contributed by atoms with Gasteiger partial charge in [-0.25, -0.2) is 4.98 Å². The average Bonchev–Trinajstić information content (AvgIpc) is 2.86. The van der Waals surface area contributed by atoms with Gasteiger partial charge in [-0.15, -0.1) is 11.3 Å². The molecule has 1 atom stereocenters. The molecule has 1 aromatic heterocycles. The lowest BCUT2D eigenvalue weighted by Crippen LogP contribution is -2.22. The van der Waals surface area contributed by atoms with Gasteiger partial charge in [-0.05, 0) is 30.9 Å². The smallest absolute Gasteiger partial charge is 0.184 e. The molecule has 1 aliphatic heterocycles. The average molecular weight is 314 g/mol. The van der Waals surface area contributed by atoms with Gasteiger partial charge < -0.3 is 14.6 Å². The van der Waals surface area contributed by atoms with Crippen molar-refractivity contribution in [3.8, 4) is 5.75 Å². The van der Waals surface area contributed by atoms with Crippen LogP contribution in [-0.4, -0.2) is 30.4 Å². The van der Waals surface area contributed by atoms with Crippen LogP contribution >= 0.6 is 22.9 Å². The molecule has 1 aliphatic rings. The number of nitrogens with zero attached hydrogens (tertiary/aromatic N) is 1. The van der Waals surface area contributed by atoms with Crippen LogP contribution in [0.1, 0.15) is 24.5 Å². The number of hydrogen-bond donors (Lipinski definition) is 1. The monoisotopic (exact) mass is 313 g/mol. The van der Waals surface area contributed by atoms with E-state index in [0.717, 1.165) is 34.4 Å². The van der Waals surface area contributed by atoms with Gasteiger partial charge in [0.2, 0.25) is 0 Å². The summed E-state index contributed by atoms with van der Waals surface area (Å²) in [4.78, 5) is 4.34. The van der Waals surface area contributed by atoms with Gasteiger partial charge in [-0.1, -0.05) is 11.6 Å². The van der Waals surface area contributed by atoms with Gasteiger partial charge in [0.1, 0.15) is 5.75 Å². The van der Waals surface area contributed by atoms with Crippen LogP contribution < -0.4 is 4.74 Å². The molecule has 1 unspecified atom stereocenters. The molecule has 2 heterocycles. The highest BCUT2D eigenvalue weighted by Gasteiger charge is 2.26. The molecular weight excluding hydrogens is 298 g/mol. The molecule has 0 aliphatic carbocycles. The first-order valence-electron chi connectivity index (χ1n) is 6.59. The first-order chi connectivity index (χ1) is 9.69. The maximum atomic E-state index is 10.7. The van der Waals surface area contributed by atoms with Crippen LogP contribution in [0.2, 0.25) is 4.47 Å². The number of hydrogen-bond acceptors (Lipinski definition) is 5. The van der Waals surface area contributed by atoms with Crippen molar-refractivity contribution in [2.24, 2.45) is 5.92 Å². The highest BCUT2D eigenvalue weighted by atomic mass is 35.5. The molecule has 0 spiro atoms. The molecule has 4 nitrogen and oxygen atoms in total. The van der Waals surface area contributed by atoms with Crippen molar-refractivity contribution in [3.63, 3.8) is 0 Å². The molecule has 1 saturated heterocycles. The van der Waals surface area contributed by atoms with Gasteiger partial charge in [-0.2, -0.15) is 0 Å². The van der Waals surface area contributed by atoms with E-state index in [9.17, 15) is 5.11 Å². The van der Waals surface area contributed by atoms with Crippen molar-refractivity contribution in [1.82, 2.24) is 4.98 Å². The van der Waals surface area contributed by atoms with Crippen molar-refractivity contribution in [2.75, 3.05) is 20.3 Å². The van der Waals surface area contributed by atoms with Gasteiger partial charge in [0.15, 0.2) is 4.47 Å². The summed E-state index contributed by atoms with van der Waals surface area (Å²) in [5, 5.41) is 10.7.